The topological polar surface area (TPSA) is 54.9 Å². The summed E-state index contributed by atoms with van der Waals surface area (Å²) in [6, 6.07) is 14.4. The lowest BCUT2D eigenvalue weighted by Gasteiger charge is -2.20. The second-order valence-electron chi connectivity index (χ2n) is 6.68. The van der Waals surface area contributed by atoms with Crippen LogP contribution in [0.2, 0.25) is 0 Å². The van der Waals surface area contributed by atoms with Crippen molar-refractivity contribution >= 4 is 11.7 Å². The summed E-state index contributed by atoms with van der Waals surface area (Å²) in [6.45, 7) is 1.98. The molecule has 5 heteroatoms. The van der Waals surface area contributed by atoms with E-state index >= 15 is 0 Å². The molecule has 0 saturated heterocycles. The number of aromatic nitrogens is 2. The fourth-order valence-electron chi connectivity index (χ4n) is 3.45. The van der Waals surface area contributed by atoms with Crippen molar-refractivity contribution in [1.29, 1.82) is 0 Å². The minimum atomic E-state index is -0.231. The third-order valence-electron chi connectivity index (χ3n) is 4.79. The number of hydrogen-bond donors (Lipinski definition) is 1. The predicted molar refractivity (Wildman–Crippen MR) is 103 cm³/mol. The molecule has 136 valence electrons. The monoisotopic (exact) mass is 361 g/mol. The highest BCUT2D eigenvalue weighted by Gasteiger charge is 2.22. The van der Waals surface area contributed by atoms with Gasteiger partial charge in [-0.1, -0.05) is 37.3 Å². The molecule has 27 heavy (non-hydrogen) atoms. The molecule has 0 saturated carbocycles. The van der Waals surface area contributed by atoms with E-state index in [1.807, 2.05) is 37.3 Å². The summed E-state index contributed by atoms with van der Waals surface area (Å²) in [4.78, 5) is 21.9. The second kappa shape index (κ2) is 7.27. The van der Waals surface area contributed by atoms with Crippen LogP contribution in [0.15, 0.2) is 48.5 Å². The van der Waals surface area contributed by atoms with Crippen molar-refractivity contribution in [1.82, 2.24) is 9.97 Å². The fraction of sp³-hybridized carbons (Fsp3) is 0.227. The molecule has 0 fully saturated rings. The van der Waals surface area contributed by atoms with Gasteiger partial charge in [-0.25, -0.2) is 14.4 Å². The number of hydrogen-bond acceptors (Lipinski definition) is 3. The van der Waals surface area contributed by atoms with Gasteiger partial charge in [0.2, 0.25) is 5.91 Å². The maximum absolute atomic E-state index is 13.5. The first-order chi connectivity index (χ1) is 13.1. The van der Waals surface area contributed by atoms with E-state index in [9.17, 15) is 9.18 Å². The van der Waals surface area contributed by atoms with Crippen molar-refractivity contribution < 1.29 is 9.18 Å². The van der Waals surface area contributed by atoms with Gasteiger partial charge in [-0.05, 0) is 48.6 Å². The van der Waals surface area contributed by atoms with Crippen LogP contribution in [-0.4, -0.2) is 15.9 Å². The van der Waals surface area contributed by atoms with E-state index in [-0.39, 0.29) is 11.7 Å². The Morgan fingerprint density at radius 3 is 2.70 bits per heavy atom. The Kier molecular flexibility index (Phi) is 4.67. The molecule has 1 N–H and O–H groups in total. The fourth-order valence-corrected chi connectivity index (χ4v) is 3.45. The number of amides is 1. The molecule has 3 aromatic rings. The Hall–Kier alpha value is -3.08. The van der Waals surface area contributed by atoms with Gasteiger partial charge in [-0.3, -0.25) is 4.79 Å². The van der Waals surface area contributed by atoms with Crippen molar-refractivity contribution in [2.45, 2.75) is 32.6 Å². The molecular formula is C22H20FN3O. The minimum absolute atomic E-state index is 0.108. The normalized spacial score (nSPS) is 12.2. The predicted octanol–water partition coefficient (Wildman–Crippen LogP) is 4.12. The molecule has 1 heterocycles. The molecular weight excluding hydrogens is 341 g/mol. The summed E-state index contributed by atoms with van der Waals surface area (Å²) < 4.78 is 13.5. The Bertz CT molecular complexity index is 1000. The lowest BCUT2D eigenvalue weighted by molar-refractivity contribution is -0.115. The van der Waals surface area contributed by atoms with Crippen LogP contribution < -0.4 is 5.32 Å². The summed E-state index contributed by atoms with van der Waals surface area (Å²) >= 11 is 0. The first-order valence-corrected chi connectivity index (χ1v) is 9.16. The second-order valence-corrected chi connectivity index (χ2v) is 6.68. The van der Waals surface area contributed by atoms with E-state index in [1.54, 1.807) is 12.1 Å². The molecule has 0 bridgehead atoms. The third-order valence-corrected chi connectivity index (χ3v) is 4.79. The summed E-state index contributed by atoms with van der Waals surface area (Å²) in [6.07, 6.45) is 2.35. The highest BCUT2D eigenvalue weighted by molar-refractivity contribution is 5.92. The molecule has 0 atom stereocenters. The molecule has 1 amide bonds. The number of carbonyl (C=O) groups is 1. The van der Waals surface area contributed by atoms with E-state index in [4.69, 9.17) is 9.97 Å². The molecule has 1 aliphatic carbocycles. The average Bonchev–Trinajstić information content (AvgIpc) is 2.67. The number of carbonyl (C=O) groups excluding carboxylic acids is 1. The van der Waals surface area contributed by atoms with Crippen LogP contribution in [0.4, 0.5) is 10.2 Å². The number of aryl methyl sites for hydroxylation is 3. The highest BCUT2D eigenvalue weighted by atomic mass is 19.1. The van der Waals surface area contributed by atoms with Gasteiger partial charge < -0.3 is 5.32 Å². The van der Waals surface area contributed by atoms with Crippen molar-refractivity contribution in [2.75, 3.05) is 5.32 Å². The number of nitrogens with zero attached hydrogens (tertiary/aromatic N) is 2. The first-order valence-electron chi connectivity index (χ1n) is 9.16. The minimum Gasteiger partial charge on any atom is -0.309 e. The summed E-state index contributed by atoms with van der Waals surface area (Å²) in [5, 5.41) is 2.92. The molecule has 0 aliphatic heterocycles. The van der Waals surface area contributed by atoms with E-state index < -0.39 is 0 Å². The summed E-state index contributed by atoms with van der Waals surface area (Å²) in [5.74, 6) is 0.192. The van der Waals surface area contributed by atoms with Gasteiger partial charge in [0.25, 0.3) is 0 Å². The lowest BCUT2D eigenvalue weighted by atomic mass is 9.91. The van der Waals surface area contributed by atoms with Crippen molar-refractivity contribution in [2.24, 2.45) is 0 Å². The SMILES string of the molecule is CCc1nc2c(nc1NC(=O)Cc1ccccc1)CCc1cc(F)ccc1-2. The van der Waals surface area contributed by atoms with Gasteiger partial charge in [0.1, 0.15) is 5.82 Å². The molecule has 1 aliphatic rings. The smallest absolute Gasteiger partial charge is 0.229 e. The Morgan fingerprint density at radius 1 is 1.11 bits per heavy atom. The standard InChI is InChI=1S/C22H20FN3O/c1-2-18-22(26-20(27)12-14-6-4-3-5-7-14)25-19-11-8-15-13-16(23)9-10-17(15)21(19)24-18/h3-7,9-10,13H,2,8,11-12H2,1H3,(H,25,26,27). The van der Waals surface area contributed by atoms with Crippen LogP contribution in [0.1, 0.15) is 29.4 Å². The van der Waals surface area contributed by atoms with Crippen LogP contribution in [0.3, 0.4) is 0 Å². The highest BCUT2D eigenvalue weighted by Crippen LogP contribution is 2.33. The Labute approximate surface area is 157 Å². The molecule has 4 nitrogen and oxygen atoms in total. The lowest BCUT2D eigenvalue weighted by Crippen LogP contribution is -2.19. The Morgan fingerprint density at radius 2 is 1.93 bits per heavy atom. The van der Waals surface area contributed by atoms with E-state index in [0.717, 1.165) is 40.2 Å². The number of halogens is 1. The van der Waals surface area contributed by atoms with Crippen LogP contribution in [0.5, 0.6) is 0 Å². The van der Waals surface area contributed by atoms with Crippen LogP contribution in [0.25, 0.3) is 11.3 Å². The van der Waals surface area contributed by atoms with Gasteiger partial charge in [0.15, 0.2) is 5.82 Å². The zero-order chi connectivity index (χ0) is 18.8. The maximum atomic E-state index is 13.5. The van der Waals surface area contributed by atoms with E-state index in [1.165, 1.54) is 6.07 Å². The van der Waals surface area contributed by atoms with Gasteiger partial charge in [-0.2, -0.15) is 0 Å². The number of rotatable bonds is 4. The van der Waals surface area contributed by atoms with Crippen LogP contribution in [0, 0.1) is 5.82 Å². The van der Waals surface area contributed by atoms with Crippen LogP contribution >= 0.6 is 0 Å². The molecule has 2 aromatic carbocycles. The number of fused-ring (bicyclic) bond motifs is 3. The molecule has 4 rings (SSSR count). The summed E-state index contributed by atoms with van der Waals surface area (Å²) in [7, 11) is 0. The molecule has 0 spiro atoms. The van der Waals surface area contributed by atoms with Crippen LogP contribution in [-0.2, 0) is 30.5 Å². The summed E-state index contributed by atoms with van der Waals surface area (Å²) in [5.41, 5.74) is 5.24. The van der Waals surface area contributed by atoms with Gasteiger partial charge in [-0.15, -0.1) is 0 Å². The van der Waals surface area contributed by atoms with Gasteiger partial charge in [0, 0.05) is 5.56 Å². The largest absolute Gasteiger partial charge is 0.309 e. The number of anilines is 1. The van der Waals surface area contributed by atoms with Crippen molar-refractivity contribution in [3.05, 3.63) is 76.9 Å². The third kappa shape index (κ3) is 3.58. The van der Waals surface area contributed by atoms with E-state index in [2.05, 4.69) is 5.32 Å². The number of nitrogens with one attached hydrogen (secondary N) is 1. The number of benzene rings is 2. The zero-order valence-corrected chi connectivity index (χ0v) is 15.1. The maximum Gasteiger partial charge on any atom is 0.229 e. The van der Waals surface area contributed by atoms with Crippen molar-refractivity contribution in [3.8, 4) is 11.3 Å². The molecule has 0 radical (unpaired) electrons. The zero-order valence-electron chi connectivity index (χ0n) is 15.1. The first kappa shape index (κ1) is 17.3. The Balaban J connectivity index is 1.63. The average molecular weight is 361 g/mol. The van der Waals surface area contributed by atoms with Gasteiger partial charge in [0.05, 0.1) is 23.5 Å². The van der Waals surface area contributed by atoms with Crippen molar-refractivity contribution in [3.63, 3.8) is 0 Å². The molecule has 1 aromatic heterocycles. The quantitative estimate of drug-likeness (QED) is 0.760. The molecule has 0 unspecified atom stereocenters. The van der Waals surface area contributed by atoms with Gasteiger partial charge >= 0.3 is 0 Å². The van der Waals surface area contributed by atoms with E-state index in [0.29, 0.717) is 25.1 Å².